The Kier molecular flexibility index (Phi) is 2.74. The zero-order chi connectivity index (χ0) is 8.97. The van der Waals surface area contributed by atoms with Crippen molar-refractivity contribution in [1.82, 2.24) is 9.97 Å². The normalized spacial score (nSPS) is 12.4. The summed E-state index contributed by atoms with van der Waals surface area (Å²) in [7, 11) is 0. The number of rotatable bonds is 3. The van der Waals surface area contributed by atoms with Crippen molar-refractivity contribution in [3.63, 3.8) is 0 Å². The van der Waals surface area contributed by atoms with Crippen molar-refractivity contribution in [3.05, 3.63) is 18.0 Å². The van der Waals surface area contributed by atoms with Crippen molar-refractivity contribution in [3.8, 4) is 0 Å². The summed E-state index contributed by atoms with van der Waals surface area (Å²) >= 11 is 0. The van der Waals surface area contributed by atoms with Crippen LogP contribution in [-0.4, -0.2) is 23.2 Å². The molecular formula is C8H12N4. The van der Waals surface area contributed by atoms with Gasteiger partial charge >= 0.3 is 0 Å². The average molecular weight is 164 g/mol. The van der Waals surface area contributed by atoms with Crippen LogP contribution in [0.15, 0.2) is 17.4 Å². The zero-order valence-corrected chi connectivity index (χ0v) is 7.07. The van der Waals surface area contributed by atoms with Gasteiger partial charge in [0.2, 0.25) is 5.95 Å². The van der Waals surface area contributed by atoms with E-state index >= 15 is 0 Å². The average Bonchev–Trinajstić information content (AvgIpc) is 2.06. The van der Waals surface area contributed by atoms with Crippen LogP contribution in [0.4, 0.5) is 5.95 Å². The molecule has 1 unspecified atom stereocenters. The van der Waals surface area contributed by atoms with E-state index in [0.29, 0.717) is 18.4 Å². The summed E-state index contributed by atoms with van der Waals surface area (Å²) < 4.78 is 0. The molecule has 0 radical (unpaired) electrons. The maximum Gasteiger partial charge on any atom is 0.219 e. The van der Waals surface area contributed by atoms with Crippen molar-refractivity contribution in [2.24, 2.45) is 4.99 Å². The van der Waals surface area contributed by atoms with Gasteiger partial charge in [-0.05, 0) is 12.3 Å². The molecular weight excluding hydrogens is 152 g/mol. The Morgan fingerprint density at radius 2 is 2.17 bits per heavy atom. The largest absolute Gasteiger partial charge is 0.368 e. The Bertz CT molecular complexity index is 254. The summed E-state index contributed by atoms with van der Waals surface area (Å²) in [6, 6.07) is 0. The number of aromatic nitrogens is 2. The van der Waals surface area contributed by atoms with Crippen molar-refractivity contribution in [2.75, 3.05) is 12.3 Å². The highest BCUT2D eigenvalue weighted by atomic mass is 15.0. The molecule has 1 rings (SSSR count). The lowest BCUT2D eigenvalue weighted by Crippen LogP contribution is -2.01. The quantitative estimate of drug-likeness (QED) is 0.674. The maximum atomic E-state index is 5.34. The van der Waals surface area contributed by atoms with E-state index in [-0.39, 0.29) is 0 Å². The second kappa shape index (κ2) is 3.80. The van der Waals surface area contributed by atoms with E-state index in [0.717, 1.165) is 5.56 Å². The molecule has 4 heteroatoms. The number of nitrogens with zero attached hydrogens (tertiary/aromatic N) is 3. The van der Waals surface area contributed by atoms with Crippen molar-refractivity contribution < 1.29 is 0 Å². The molecule has 1 aromatic heterocycles. The Labute approximate surface area is 71.6 Å². The standard InChI is InChI=1S/C8H12N4/c1-6(3-10-2)7-4-11-8(9)12-5-7/h4-6H,2-3H2,1H3,(H2,9,11,12). The molecule has 2 N–H and O–H groups in total. The lowest BCUT2D eigenvalue weighted by molar-refractivity contribution is 0.768. The van der Waals surface area contributed by atoms with Gasteiger partial charge in [-0.1, -0.05) is 6.92 Å². The molecule has 0 fully saturated rings. The Hall–Kier alpha value is -1.45. The molecule has 4 nitrogen and oxygen atoms in total. The minimum Gasteiger partial charge on any atom is -0.368 e. The van der Waals surface area contributed by atoms with Gasteiger partial charge in [0.1, 0.15) is 0 Å². The molecule has 1 heterocycles. The van der Waals surface area contributed by atoms with Crippen molar-refractivity contribution >= 4 is 12.7 Å². The zero-order valence-electron chi connectivity index (χ0n) is 7.07. The van der Waals surface area contributed by atoms with Gasteiger partial charge in [-0.15, -0.1) is 0 Å². The second-order valence-electron chi connectivity index (χ2n) is 2.68. The van der Waals surface area contributed by atoms with Crippen LogP contribution in [0, 0.1) is 0 Å². The van der Waals surface area contributed by atoms with Gasteiger partial charge < -0.3 is 10.7 Å². The second-order valence-corrected chi connectivity index (χ2v) is 2.68. The topological polar surface area (TPSA) is 64.2 Å². The number of hydrogen-bond acceptors (Lipinski definition) is 4. The fraction of sp³-hybridized carbons (Fsp3) is 0.375. The van der Waals surface area contributed by atoms with Gasteiger partial charge in [0.05, 0.1) is 0 Å². The van der Waals surface area contributed by atoms with Gasteiger partial charge in [0.25, 0.3) is 0 Å². The van der Waals surface area contributed by atoms with E-state index in [9.17, 15) is 0 Å². The third-order valence-electron chi connectivity index (χ3n) is 1.66. The first-order chi connectivity index (χ1) is 5.74. The van der Waals surface area contributed by atoms with Crippen LogP contribution < -0.4 is 5.73 Å². The first-order valence-electron chi connectivity index (χ1n) is 3.74. The molecule has 1 atom stereocenters. The minimum atomic E-state index is 0.303. The van der Waals surface area contributed by atoms with Crippen LogP contribution in [0.1, 0.15) is 18.4 Å². The van der Waals surface area contributed by atoms with Crippen LogP contribution in [0.2, 0.25) is 0 Å². The third kappa shape index (κ3) is 2.02. The molecule has 0 aromatic carbocycles. The number of anilines is 1. The predicted octanol–water partition coefficient (Wildman–Crippen LogP) is 0.863. The van der Waals surface area contributed by atoms with Crippen molar-refractivity contribution in [1.29, 1.82) is 0 Å². The summed E-state index contributed by atoms with van der Waals surface area (Å²) in [5.41, 5.74) is 6.38. The van der Waals surface area contributed by atoms with E-state index in [1.54, 1.807) is 12.4 Å². The predicted molar refractivity (Wildman–Crippen MR) is 49.3 cm³/mol. The summed E-state index contributed by atoms with van der Waals surface area (Å²) in [6.07, 6.45) is 3.44. The lowest BCUT2D eigenvalue weighted by atomic mass is 10.1. The number of hydrogen-bond donors (Lipinski definition) is 1. The Morgan fingerprint density at radius 1 is 1.58 bits per heavy atom. The first kappa shape index (κ1) is 8.64. The van der Waals surface area contributed by atoms with Gasteiger partial charge in [-0.25, -0.2) is 9.97 Å². The molecule has 0 aliphatic heterocycles. The van der Waals surface area contributed by atoms with Gasteiger partial charge in [0.15, 0.2) is 0 Å². The summed E-state index contributed by atoms with van der Waals surface area (Å²) in [4.78, 5) is 11.6. The molecule has 0 amide bonds. The van der Waals surface area contributed by atoms with Crippen LogP contribution >= 0.6 is 0 Å². The van der Waals surface area contributed by atoms with Gasteiger partial charge in [0, 0.05) is 24.9 Å². The molecule has 12 heavy (non-hydrogen) atoms. The minimum absolute atomic E-state index is 0.303. The fourth-order valence-electron chi connectivity index (χ4n) is 0.902. The highest BCUT2D eigenvalue weighted by Gasteiger charge is 2.04. The fourth-order valence-corrected chi connectivity index (χ4v) is 0.902. The van der Waals surface area contributed by atoms with Gasteiger partial charge in [-0.2, -0.15) is 0 Å². The molecule has 1 aromatic rings. The maximum absolute atomic E-state index is 5.34. The van der Waals surface area contributed by atoms with E-state index in [4.69, 9.17) is 5.73 Å². The van der Waals surface area contributed by atoms with Gasteiger partial charge in [-0.3, -0.25) is 0 Å². The van der Waals surface area contributed by atoms with E-state index in [1.807, 2.05) is 6.92 Å². The highest BCUT2D eigenvalue weighted by molar-refractivity contribution is 5.25. The van der Waals surface area contributed by atoms with E-state index < -0.39 is 0 Å². The monoisotopic (exact) mass is 164 g/mol. The van der Waals surface area contributed by atoms with Crippen LogP contribution in [0.5, 0.6) is 0 Å². The number of nitrogen functional groups attached to an aromatic ring is 1. The van der Waals surface area contributed by atoms with E-state index in [1.165, 1.54) is 0 Å². The lowest BCUT2D eigenvalue weighted by Gasteiger charge is -2.06. The SMILES string of the molecule is C=NCC(C)c1cnc(N)nc1. The Morgan fingerprint density at radius 3 is 2.67 bits per heavy atom. The molecule has 0 saturated carbocycles. The summed E-state index contributed by atoms with van der Waals surface area (Å²) in [6.45, 7) is 6.16. The highest BCUT2D eigenvalue weighted by Crippen LogP contribution is 2.12. The molecule has 0 spiro atoms. The smallest absolute Gasteiger partial charge is 0.219 e. The number of nitrogens with two attached hydrogens (primary N) is 1. The van der Waals surface area contributed by atoms with Crippen LogP contribution in [-0.2, 0) is 0 Å². The number of aliphatic imine (C=N–C) groups is 1. The van der Waals surface area contributed by atoms with Crippen molar-refractivity contribution in [2.45, 2.75) is 12.8 Å². The third-order valence-corrected chi connectivity index (χ3v) is 1.66. The summed E-state index contributed by atoms with van der Waals surface area (Å²) in [5.74, 6) is 0.612. The molecule has 0 bridgehead atoms. The van der Waals surface area contributed by atoms with E-state index in [2.05, 4.69) is 21.7 Å². The molecule has 0 saturated heterocycles. The Balaban J connectivity index is 2.74. The molecule has 0 aliphatic carbocycles. The first-order valence-corrected chi connectivity index (χ1v) is 3.74. The summed E-state index contributed by atoms with van der Waals surface area (Å²) in [5, 5.41) is 0. The molecule has 0 aliphatic rings. The molecule has 64 valence electrons. The van der Waals surface area contributed by atoms with Crippen LogP contribution in [0.25, 0.3) is 0 Å². The van der Waals surface area contributed by atoms with Crippen LogP contribution in [0.3, 0.4) is 0 Å².